The molecular weight excluding hydrogens is 497 g/mol. The lowest BCUT2D eigenvalue weighted by atomic mass is 9.58. The topological polar surface area (TPSA) is 113 Å². The van der Waals surface area contributed by atoms with Gasteiger partial charge in [0.25, 0.3) is 0 Å². The molecule has 39 heavy (non-hydrogen) atoms. The summed E-state index contributed by atoms with van der Waals surface area (Å²) < 4.78 is 10.8. The first-order chi connectivity index (χ1) is 18.8. The van der Waals surface area contributed by atoms with Crippen molar-refractivity contribution >= 4 is 36.7 Å². The van der Waals surface area contributed by atoms with Crippen molar-refractivity contribution in [1.29, 1.82) is 0 Å². The fraction of sp³-hybridized carbons (Fsp3) is 0.367. The van der Waals surface area contributed by atoms with Gasteiger partial charge in [-0.2, -0.15) is 4.90 Å². The summed E-state index contributed by atoms with van der Waals surface area (Å²) in [7, 11) is 0.0470. The molecule has 2 aliphatic heterocycles. The molecule has 0 unspecified atom stereocenters. The molecule has 4 atom stereocenters. The Bertz CT molecular complexity index is 1340. The molecule has 3 amide bonds. The second kappa shape index (κ2) is 11.2. The molecule has 3 aliphatic rings. The fourth-order valence-electron chi connectivity index (χ4n) is 6.41. The van der Waals surface area contributed by atoms with Gasteiger partial charge in [-0.25, -0.2) is 4.79 Å². The predicted octanol–water partition coefficient (Wildman–Crippen LogP) is 4.69. The molecule has 202 valence electrons. The Kier molecular flexibility index (Phi) is 7.73. The number of aromatic hydroxyl groups is 1. The standard InChI is InChI=1S/C30H32BNO7/c1-3-18-16-22-27(29(35)32(28(22)34)30(36)38-2)23-17-31(37)39-25(26(18)23)14-13-20(19-9-5-4-6-10-19)15-21-11-7-8-12-24(21)33/h4-12,15,22-23,25,27,33,37H,3,13-14,16-17H2,1-2H3/b20-15-/t22-,23+,25-,27-/m1/s1. The molecule has 0 aromatic heterocycles. The zero-order valence-corrected chi connectivity index (χ0v) is 22.1. The van der Waals surface area contributed by atoms with Crippen LogP contribution in [-0.4, -0.2) is 53.3 Å². The smallest absolute Gasteiger partial charge is 0.455 e. The lowest BCUT2D eigenvalue weighted by Gasteiger charge is -2.43. The van der Waals surface area contributed by atoms with Gasteiger partial charge >= 0.3 is 13.2 Å². The van der Waals surface area contributed by atoms with Gasteiger partial charge in [-0.3, -0.25) is 9.59 Å². The summed E-state index contributed by atoms with van der Waals surface area (Å²) in [5.74, 6) is -2.69. The third kappa shape index (κ3) is 5.04. The van der Waals surface area contributed by atoms with Crippen molar-refractivity contribution in [3.8, 4) is 5.75 Å². The predicted molar refractivity (Wildman–Crippen MR) is 146 cm³/mol. The van der Waals surface area contributed by atoms with Gasteiger partial charge in [0.15, 0.2) is 0 Å². The third-order valence-electron chi connectivity index (χ3n) is 8.18. The first kappa shape index (κ1) is 26.9. The minimum absolute atomic E-state index is 0.184. The minimum atomic E-state index is -1.10. The Balaban J connectivity index is 1.47. The van der Waals surface area contributed by atoms with Crippen LogP contribution in [0.2, 0.25) is 6.32 Å². The highest BCUT2D eigenvalue weighted by Crippen LogP contribution is 2.51. The molecule has 2 fully saturated rings. The van der Waals surface area contributed by atoms with E-state index in [0.29, 0.717) is 36.1 Å². The van der Waals surface area contributed by atoms with Crippen molar-refractivity contribution in [3.05, 3.63) is 76.9 Å². The Morgan fingerprint density at radius 3 is 2.51 bits per heavy atom. The quantitative estimate of drug-likeness (QED) is 0.242. The van der Waals surface area contributed by atoms with E-state index < -0.39 is 48.9 Å². The molecule has 0 spiro atoms. The van der Waals surface area contributed by atoms with Gasteiger partial charge in [0.1, 0.15) is 5.75 Å². The number of rotatable bonds is 6. The average molecular weight is 529 g/mol. The monoisotopic (exact) mass is 529 g/mol. The van der Waals surface area contributed by atoms with Crippen LogP contribution in [0.15, 0.2) is 65.7 Å². The number of para-hydroxylation sites is 1. The number of carbonyl (C=O) groups is 3. The van der Waals surface area contributed by atoms with Gasteiger partial charge < -0.3 is 19.5 Å². The van der Waals surface area contributed by atoms with E-state index in [1.807, 2.05) is 55.5 Å². The SMILES string of the molecule is CCC1=C2[C@@H](CC/C(=C/c3ccccc3O)c3ccccc3)OB(O)C[C@@H]2[C@@H]2C(=O)N(C(=O)OC)C(=O)[C@@H]2C1. The van der Waals surface area contributed by atoms with Crippen LogP contribution in [0.25, 0.3) is 11.6 Å². The van der Waals surface area contributed by atoms with E-state index in [2.05, 4.69) is 0 Å². The number of phenols is 1. The summed E-state index contributed by atoms with van der Waals surface area (Å²) in [6.07, 6.45) is 2.87. The molecule has 5 rings (SSSR count). The summed E-state index contributed by atoms with van der Waals surface area (Å²) >= 11 is 0. The Morgan fingerprint density at radius 2 is 1.82 bits per heavy atom. The van der Waals surface area contributed by atoms with Crippen molar-refractivity contribution in [2.24, 2.45) is 17.8 Å². The average Bonchev–Trinajstić information content (AvgIpc) is 3.20. The number of fused-ring (bicyclic) bond motifs is 3. The molecule has 2 N–H and O–H groups in total. The van der Waals surface area contributed by atoms with E-state index in [4.69, 9.17) is 9.39 Å². The zero-order valence-electron chi connectivity index (χ0n) is 22.1. The van der Waals surface area contributed by atoms with Gasteiger partial charge in [-0.15, -0.1) is 0 Å². The summed E-state index contributed by atoms with van der Waals surface area (Å²) in [6, 6.07) is 17.0. The van der Waals surface area contributed by atoms with Crippen LogP contribution in [0.5, 0.6) is 5.75 Å². The molecule has 0 radical (unpaired) electrons. The third-order valence-corrected chi connectivity index (χ3v) is 8.18. The molecule has 0 bridgehead atoms. The van der Waals surface area contributed by atoms with Crippen molar-refractivity contribution in [2.75, 3.05) is 7.11 Å². The van der Waals surface area contributed by atoms with Gasteiger partial charge in [-0.1, -0.05) is 61.0 Å². The van der Waals surface area contributed by atoms with E-state index in [0.717, 1.165) is 29.4 Å². The number of methoxy groups -OCH3 is 1. The zero-order chi connectivity index (χ0) is 27.7. The van der Waals surface area contributed by atoms with E-state index in [-0.39, 0.29) is 12.1 Å². The van der Waals surface area contributed by atoms with E-state index >= 15 is 0 Å². The second-order valence-corrected chi connectivity index (χ2v) is 10.3. The number of allylic oxidation sites excluding steroid dienone is 2. The van der Waals surface area contributed by atoms with Crippen molar-refractivity contribution in [3.63, 3.8) is 0 Å². The first-order valence-electron chi connectivity index (χ1n) is 13.4. The molecule has 2 aromatic carbocycles. The Hall–Kier alpha value is -3.69. The van der Waals surface area contributed by atoms with Gasteiger partial charge in [0.2, 0.25) is 11.8 Å². The van der Waals surface area contributed by atoms with Crippen LogP contribution < -0.4 is 0 Å². The molecule has 2 aromatic rings. The van der Waals surface area contributed by atoms with Crippen LogP contribution in [0.3, 0.4) is 0 Å². The largest absolute Gasteiger partial charge is 0.507 e. The normalized spacial score (nSPS) is 25.1. The van der Waals surface area contributed by atoms with Crippen LogP contribution >= 0.6 is 0 Å². The van der Waals surface area contributed by atoms with Crippen molar-refractivity contribution in [2.45, 2.75) is 45.0 Å². The number of amides is 3. The number of ether oxygens (including phenoxy) is 1. The lowest BCUT2D eigenvalue weighted by molar-refractivity contribution is -0.137. The number of phenolic OH excluding ortho intramolecular Hbond substituents is 1. The number of likely N-dealkylation sites (tertiary alicyclic amines) is 1. The molecule has 2 heterocycles. The highest BCUT2D eigenvalue weighted by Gasteiger charge is 2.59. The van der Waals surface area contributed by atoms with Crippen LogP contribution in [0.1, 0.15) is 43.7 Å². The lowest BCUT2D eigenvalue weighted by Crippen LogP contribution is -2.46. The Labute approximate surface area is 228 Å². The van der Waals surface area contributed by atoms with Crippen molar-refractivity contribution in [1.82, 2.24) is 4.90 Å². The van der Waals surface area contributed by atoms with E-state index in [1.165, 1.54) is 0 Å². The number of hydrogen-bond acceptors (Lipinski definition) is 7. The number of nitrogens with zero attached hydrogens (tertiary/aromatic N) is 1. The summed E-state index contributed by atoms with van der Waals surface area (Å²) in [6.45, 7) is 2.01. The molecule has 8 nitrogen and oxygen atoms in total. The Morgan fingerprint density at radius 1 is 1.10 bits per heavy atom. The second-order valence-electron chi connectivity index (χ2n) is 10.3. The molecular formula is C30H32BNO7. The van der Waals surface area contributed by atoms with Gasteiger partial charge in [0, 0.05) is 5.56 Å². The van der Waals surface area contributed by atoms with E-state index in [1.54, 1.807) is 12.1 Å². The summed E-state index contributed by atoms with van der Waals surface area (Å²) in [4.78, 5) is 39.3. The van der Waals surface area contributed by atoms with E-state index in [9.17, 15) is 24.5 Å². The van der Waals surface area contributed by atoms with Gasteiger partial charge in [-0.05, 0) is 66.8 Å². The number of benzene rings is 2. The number of carbonyl (C=O) groups excluding carboxylic acids is 3. The molecule has 0 saturated carbocycles. The number of hydrogen-bond donors (Lipinski definition) is 2. The van der Waals surface area contributed by atoms with Crippen molar-refractivity contribution < 1.29 is 33.9 Å². The first-order valence-corrected chi connectivity index (χ1v) is 13.4. The van der Waals surface area contributed by atoms with Crippen LogP contribution in [-0.2, 0) is 19.0 Å². The molecule has 2 saturated heterocycles. The van der Waals surface area contributed by atoms with Crippen LogP contribution in [0, 0.1) is 17.8 Å². The fourth-order valence-corrected chi connectivity index (χ4v) is 6.41. The maximum Gasteiger partial charge on any atom is 0.455 e. The highest BCUT2D eigenvalue weighted by molar-refractivity contribution is 6.43. The number of imide groups is 3. The minimum Gasteiger partial charge on any atom is -0.507 e. The highest BCUT2D eigenvalue weighted by atomic mass is 16.5. The van der Waals surface area contributed by atoms with Crippen LogP contribution in [0.4, 0.5) is 4.79 Å². The summed E-state index contributed by atoms with van der Waals surface area (Å²) in [5, 5.41) is 21.1. The molecule has 9 heteroatoms. The molecule has 1 aliphatic carbocycles. The summed E-state index contributed by atoms with van der Waals surface area (Å²) in [5.41, 5.74) is 4.70. The maximum absolute atomic E-state index is 13.3. The van der Waals surface area contributed by atoms with Gasteiger partial charge in [0.05, 0.1) is 25.0 Å². The maximum atomic E-state index is 13.3.